The van der Waals surface area contributed by atoms with Crippen molar-refractivity contribution in [3.8, 4) is 5.75 Å². The first-order chi connectivity index (χ1) is 7.72. The molecule has 0 aromatic heterocycles. The van der Waals surface area contributed by atoms with Gasteiger partial charge in [-0.15, -0.1) is 11.6 Å². The van der Waals surface area contributed by atoms with Gasteiger partial charge in [-0.25, -0.2) is 0 Å². The second kappa shape index (κ2) is 4.64. The van der Waals surface area contributed by atoms with Gasteiger partial charge in [0.15, 0.2) is 0 Å². The maximum Gasteiger partial charge on any atom is 0.122 e. The zero-order valence-corrected chi connectivity index (χ0v) is 10.5. The monoisotopic (exact) mass is 240 g/mol. The summed E-state index contributed by atoms with van der Waals surface area (Å²) in [5.74, 6) is 1.60. The predicted octanol–water partition coefficient (Wildman–Crippen LogP) is 2.90. The molecule has 16 heavy (non-hydrogen) atoms. The van der Waals surface area contributed by atoms with E-state index in [0.717, 1.165) is 25.4 Å². The Labute approximate surface area is 102 Å². The summed E-state index contributed by atoms with van der Waals surface area (Å²) in [5.41, 5.74) is 2.55. The average Bonchev–Trinajstić information content (AvgIpc) is 2.23. The summed E-state index contributed by atoms with van der Waals surface area (Å²) in [7, 11) is 1.71. The number of alkyl halides is 1. The number of hydrogen-bond acceptors (Lipinski definition) is 2. The molecule has 1 aromatic carbocycles. The second-order valence-electron chi connectivity index (χ2n) is 4.42. The van der Waals surface area contributed by atoms with Gasteiger partial charge in [0.2, 0.25) is 0 Å². The van der Waals surface area contributed by atoms with Gasteiger partial charge in [-0.3, -0.25) is 0 Å². The highest BCUT2D eigenvalue weighted by Crippen LogP contribution is 2.41. The van der Waals surface area contributed by atoms with E-state index in [4.69, 9.17) is 21.1 Å². The average molecular weight is 241 g/mol. The van der Waals surface area contributed by atoms with Crippen LogP contribution in [0.4, 0.5) is 0 Å². The minimum atomic E-state index is 0.0686. The lowest BCUT2D eigenvalue weighted by Gasteiger charge is -2.42. The van der Waals surface area contributed by atoms with Gasteiger partial charge in [0.25, 0.3) is 0 Å². The number of rotatable bonds is 4. The lowest BCUT2D eigenvalue weighted by Crippen LogP contribution is -2.47. The van der Waals surface area contributed by atoms with Crippen LogP contribution in [-0.4, -0.2) is 26.2 Å². The SMILES string of the molecule is COc1ccc(C)cc1C1(CCCl)COC1. The zero-order chi connectivity index (χ0) is 11.6. The Kier molecular flexibility index (Phi) is 3.41. The molecular formula is C13H17ClO2. The first-order valence-electron chi connectivity index (χ1n) is 5.51. The fraction of sp³-hybridized carbons (Fsp3) is 0.538. The Balaban J connectivity index is 2.40. The van der Waals surface area contributed by atoms with Gasteiger partial charge in [0, 0.05) is 16.9 Å². The Morgan fingerprint density at radius 2 is 2.19 bits per heavy atom. The predicted molar refractivity (Wildman–Crippen MR) is 65.6 cm³/mol. The van der Waals surface area contributed by atoms with E-state index in [2.05, 4.69) is 19.1 Å². The van der Waals surface area contributed by atoms with Crippen molar-refractivity contribution < 1.29 is 9.47 Å². The molecule has 0 saturated carbocycles. The van der Waals surface area contributed by atoms with Crippen LogP contribution in [0.5, 0.6) is 5.75 Å². The number of aryl methyl sites for hydroxylation is 1. The van der Waals surface area contributed by atoms with Crippen LogP contribution >= 0.6 is 11.6 Å². The second-order valence-corrected chi connectivity index (χ2v) is 4.79. The van der Waals surface area contributed by atoms with E-state index >= 15 is 0 Å². The molecule has 0 radical (unpaired) electrons. The molecular weight excluding hydrogens is 224 g/mol. The quantitative estimate of drug-likeness (QED) is 0.754. The number of methoxy groups -OCH3 is 1. The van der Waals surface area contributed by atoms with Crippen LogP contribution < -0.4 is 4.74 Å². The highest BCUT2D eigenvalue weighted by molar-refractivity contribution is 6.17. The van der Waals surface area contributed by atoms with Crippen molar-refractivity contribution in [3.05, 3.63) is 29.3 Å². The molecule has 1 aliphatic rings. The smallest absolute Gasteiger partial charge is 0.122 e. The Bertz CT molecular complexity index is 372. The van der Waals surface area contributed by atoms with Crippen molar-refractivity contribution >= 4 is 11.6 Å². The molecule has 0 atom stereocenters. The van der Waals surface area contributed by atoms with Gasteiger partial charge in [-0.05, 0) is 19.4 Å². The molecule has 2 rings (SSSR count). The summed E-state index contributed by atoms with van der Waals surface area (Å²) < 4.78 is 10.8. The van der Waals surface area contributed by atoms with Crippen LogP contribution in [0.15, 0.2) is 18.2 Å². The van der Waals surface area contributed by atoms with Crippen LogP contribution in [0.2, 0.25) is 0 Å². The number of ether oxygens (including phenoxy) is 2. The van der Waals surface area contributed by atoms with Gasteiger partial charge >= 0.3 is 0 Å². The maximum atomic E-state index is 5.89. The molecule has 0 unspecified atom stereocenters. The standard InChI is InChI=1S/C13H17ClO2/c1-10-3-4-12(15-2)11(7-10)13(5-6-14)8-16-9-13/h3-4,7H,5-6,8-9H2,1-2H3. The largest absolute Gasteiger partial charge is 0.496 e. The molecule has 3 heteroatoms. The first kappa shape index (κ1) is 11.7. The highest BCUT2D eigenvalue weighted by atomic mass is 35.5. The molecule has 0 amide bonds. The van der Waals surface area contributed by atoms with E-state index in [9.17, 15) is 0 Å². The zero-order valence-electron chi connectivity index (χ0n) is 9.75. The van der Waals surface area contributed by atoms with E-state index in [1.54, 1.807) is 7.11 Å². The minimum Gasteiger partial charge on any atom is -0.496 e. The fourth-order valence-corrected chi connectivity index (χ4v) is 2.56. The van der Waals surface area contributed by atoms with E-state index < -0.39 is 0 Å². The lowest BCUT2D eigenvalue weighted by atomic mass is 9.75. The van der Waals surface area contributed by atoms with Gasteiger partial charge in [0.1, 0.15) is 5.75 Å². The molecule has 0 bridgehead atoms. The molecule has 1 fully saturated rings. The van der Waals surface area contributed by atoms with Crippen molar-refractivity contribution in [2.24, 2.45) is 0 Å². The van der Waals surface area contributed by atoms with E-state index in [-0.39, 0.29) is 5.41 Å². The van der Waals surface area contributed by atoms with Crippen molar-refractivity contribution in [1.29, 1.82) is 0 Å². The normalized spacial score (nSPS) is 17.9. The van der Waals surface area contributed by atoms with Gasteiger partial charge in [0.05, 0.1) is 20.3 Å². The molecule has 0 aliphatic carbocycles. The van der Waals surface area contributed by atoms with Crippen LogP contribution in [-0.2, 0) is 10.2 Å². The molecule has 1 aromatic rings. The molecule has 88 valence electrons. The molecule has 1 heterocycles. The summed E-state index contributed by atoms with van der Waals surface area (Å²) in [6, 6.07) is 6.28. The van der Waals surface area contributed by atoms with Gasteiger partial charge in [-0.2, -0.15) is 0 Å². The van der Waals surface area contributed by atoms with E-state index in [1.807, 2.05) is 6.07 Å². The molecule has 0 spiro atoms. The van der Waals surface area contributed by atoms with Crippen LogP contribution in [0, 0.1) is 6.92 Å². The Morgan fingerprint density at radius 3 is 2.69 bits per heavy atom. The Hall–Kier alpha value is -0.730. The number of halogens is 1. The van der Waals surface area contributed by atoms with Gasteiger partial charge < -0.3 is 9.47 Å². The van der Waals surface area contributed by atoms with E-state index in [0.29, 0.717) is 5.88 Å². The van der Waals surface area contributed by atoms with Crippen LogP contribution in [0.1, 0.15) is 17.5 Å². The summed E-state index contributed by atoms with van der Waals surface area (Å²) in [6.07, 6.45) is 0.939. The third-order valence-electron chi connectivity index (χ3n) is 3.26. The molecule has 0 N–H and O–H groups in total. The number of benzene rings is 1. The third-order valence-corrected chi connectivity index (χ3v) is 3.45. The van der Waals surface area contributed by atoms with Crippen molar-refractivity contribution in [2.45, 2.75) is 18.8 Å². The summed E-state index contributed by atoms with van der Waals surface area (Å²) in [6.45, 7) is 3.59. The van der Waals surface area contributed by atoms with Crippen molar-refractivity contribution in [3.63, 3.8) is 0 Å². The summed E-state index contributed by atoms with van der Waals surface area (Å²) >= 11 is 5.89. The fourth-order valence-electron chi connectivity index (χ4n) is 2.20. The highest BCUT2D eigenvalue weighted by Gasteiger charge is 2.41. The lowest BCUT2D eigenvalue weighted by molar-refractivity contribution is -0.0624. The van der Waals surface area contributed by atoms with Crippen molar-refractivity contribution in [1.82, 2.24) is 0 Å². The molecule has 1 saturated heterocycles. The van der Waals surface area contributed by atoms with Gasteiger partial charge in [-0.1, -0.05) is 17.7 Å². The Morgan fingerprint density at radius 1 is 1.44 bits per heavy atom. The van der Waals surface area contributed by atoms with E-state index in [1.165, 1.54) is 11.1 Å². The van der Waals surface area contributed by atoms with Crippen LogP contribution in [0.3, 0.4) is 0 Å². The molecule has 1 aliphatic heterocycles. The van der Waals surface area contributed by atoms with Crippen LogP contribution in [0.25, 0.3) is 0 Å². The van der Waals surface area contributed by atoms with Crippen molar-refractivity contribution in [2.75, 3.05) is 26.2 Å². The topological polar surface area (TPSA) is 18.5 Å². The summed E-state index contributed by atoms with van der Waals surface area (Å²) in [4.78, 5) is 0. The first-order valence-corrected chi connectivity index (χ1v) is 6.04. The minimum absolute atomic E-state index is 0.0686. The molecule has 2 nitrogen and oxygen atoms in total. The number of hydrogen-bond donors (Lipinski definition) is 0. The maximum absolute atomic E-state index is 5.89. The summed E-state index contributed by atoms with van der Waals surface area (Å²) in [5, 5.41) is 0. The third kappa shape index (κ3) is 1.92.